The second-order valence-corrected chi connectivity index (χ2v) is 7.16. The minimum atomic E-state index is -2.94. The van der Waals surface area contributed by atoms with E-state index >= 15 is 0 Å². The summed E-state index contributed by atoms with van der Waals surface area (Å²) >= 11 is 0. The number of likely N-dealkylation sites (tertiary alicyclic amines) is 1. The summed E-state index contributed by atoms with van der Waals surface area (Å²) in [6, 6.07) is 9.95. The molecule has 31 heavy (non-hydrogen) atoms. The predicted molar refractivity (Wildman–Crippen MR) is 110 cm³/mol. The van der Waals surface area contributed by atoms with Crippen molar-refractivity contribution in [3.8, 4) is 11.8 Å². The van der Waals surface area contributed by atoms with Crippen LogP contribution in [0.15, 0.2) is 48.9 Å². The number of nitriles is 1. The maximum atomic E-state index is 12.6. The third kappa shape index (κ3) is 4.53. The summed E-state index contributed by atoms with van der Waals surface area (Å²) in [4.78, 5) is 22.6. The highest BCUT2D eigenvalue weighted by molar-refractivity contribution is 5.95. The normalized spacial score (nSPS) is 14.5. The summed E-state index contributed by atoms with van der Waals surface area (Å²) in [5.41, 5.74) is 2.01. The zero-order chi connectivity index (χ0) is 21.8. The summed E-state index contributed by atoms with van der Waals surface area (Å²) in [5, 5.41) is 13.4. The summed E-state index contributed by atoms with van der Waals surface area (Å²) in [6.45, 7) is -1.82. The van der Waals surface area contributed by atoms with Crippen LogP contribution in [0.5, 0.6) is 5.75 Å². The molecule has 7 nitrogen and oxygen atoms in total. The number of alkyl halides is 2. The molecule has 0 radical (unpaired) electrons. The van der Waals surface area contributed by atoms with Gasteiger partial charge in [-0.2, -0.15) is 14.0 Å². The van der Waals surface area contributed by atoms with Crippen LogP contribution in [-0.2, 0) is 0 Å². The number of hydrogen-bond acceptors (Lipinski definition) is 6. The van der Waals surface area contributed by atoms with E-state index in [1.54, 1.807) is 35.5 Å². The highest BCUT2D eigenvalue weighted by atomic mass is 19.3. The maximum Gasteiger partial charge on any atom is 0.387 e. The Morgan fingerprint density at radius 3 is 2.65 bits per heavy atom. The number of nitrogens with zero attached hydrogens (tertiary/aromatic N) is 4. The van der Waals surface area contributed by atoms with Gasteiger partial charge >= 0.3 is 6.61 Å². The second kappa shape index (κ2) is 8.92. The Kier molecular flexibility index (Phi) is 5.89. The minimum absolute atomic E-state index is 0.000191. The summed E-state index contributed by atoms with van der Waals surface area (Å²) < 4.78 is 29.7. The quantitative estimate of drug-likeness (QED) is 0.671. The van der Waals surface area contributed by atoms with Crippen LogP contribution in [-0.4, -0.2) is 46.5 Å². The number of anilines is 1. The highest BCUT2D eigenvalue weighted by Crippen LogP contribution is 2.31. The molecule has 1 aliphatic rings. The smallest absolute Gasteiger partial charge is 0.387 e. The topological polar surface area (TPSA) is 91.1 Å². The summed E-state index contributed by atoms with van der Waals surface area (Å²) in [7, 11) is 0. The second-order valence-electron chi connectivity index (χ2n) is 7.16. The molecule has 158 valence electrons. The number of piperidine rings is 1. The molecule has 0 bridgehead atoms. The molecular weight excluding hydrogens is 404 g/mol. The van der Waals surface area contributed by atoms with Crippen LogP contribution >= 0.6 is 0 Å². The van der Waals surface area contributed by atoms with Crippen molar-refractivity contribution in [3.05, 3.63) is 60.0 Å². The Labute approximate surface area is 177 Å². The van der Waals surface area contributed by atoms with Crippen molar-refractivity contribution in [1.29, 1.82) is 5.26 Å². The molecule has 0 saturated carbocycles. The van der Waals surface area contributed by atoms with E-state index in [9.17, 15) is 18.8 Å². The first-order valence-corrected chi connectivity index (χ1v) is 9.78. The van der Waals surface area contributed by atoms with Crippen molar-refractivity contribution in [3.63, 3.8) is 0 Å². The molecule has 0 spiro atoms. The fraction of sp³-hybridized carbons (Fsp3) is 0.273. The monoisotopic (exact) mass is 423 g/mol. The van der Waals surface area contributed by atoms with Crippen molar-refractivity contribution >= 4 is 22.5 Å². The zero-order valence-electron chi connectivity index (χ0n) is 16.5. The summed E-state index contributed by atoms with van der Waals surface area (Å²) in [5.74, 6) is -0.0399. The Bertz CT molecular complexity index is 1130. The largest absolute Gasteiger partial charge is 0.435 e. The molecule has 1 aromatic carbocycles. The lowest BCUT2D eigenvalue weighted by atomic mass is 10.0. The highest BCUT2D eigenvalue weighted by Gasteiger charge is 2.25. The van der Waals surface area contributed by atoms with Crippen LogP contribution in [0.3, 0.4) is 0 Å². The van der Waals surface area contributed by atoms with E-state index in [1.165, 1.54) is 18.3 Å². The first-order chi connectivity index (χ1) is 15.0. The van der Waals surface area contributed by atoms with Gasteiger partial charge < -0.3 is 15.0 Å². The molecule has 1 N–H and O–H groups in total. The van der Waals surface area contributed by atoms with Crippen LogP contribution < -0.4 is 10.1 Å². The maximum absolute atomic E-state index is 12.6. The van der Waals surface area contributed by atoms with Crippen LogP contribution in [0.25, 0.3) is 10.9 Å². The molecule has 2 aromatic heterocycles. The van der Waals surface area contributed by atoms with Crippen LogP contribution in [0.4, 0.5) is 14.5 Å². The number of halogens is 2. The first-order valence-electron chi connectivity index (χ1n) is 9.78. The number of rotatable bonds is 5. The van der Waals surface area contributed by atoms with E-state index in [-0.39, 0.29) is 17.7 Å². The Morgan fingerprint density at radius 1 is 1.23 bits per heavy atom. The van der Waals surface area contributed by atoms with Crippen LogP contribution in [0.1, 0.15) is 28.8 Å². The Morgan fingerprint density at radius 2 is 1.97 bits per heavy atom. The number of nitrogens with one attached hydrogen (secondary N) is 1. The van der Waals surface area contributed by atoms with Gasteiger partial charge in [0.2, 0.25) is 0 Å². The van der Waals surface area contributed by atoms with Gasteiger partial charge in [0, 0.05) is 48.7 Å². The van der Waals surface area contributed by atoms with Crippen molar-refractivity contribution in [2.75, 3.05) is 18.4 Å². The third-order valence-electron chi connectivity index (χ3n) is 5.24. The molecule has 9 heteroatoms. The van der Waals surface area contributed by atoms with Gasteiger partial charge in [-0.3, -0.25) is 14.8 Å². The van der Waals surface area contributed by atoms with E-state index in [0.29, 0.717) is 53.6 Å². The van der Waals surface area contributed by atoms with Gasteiger partial charge in [0.15, 0.2) is 0 Å². The minimum Gasteiger partial charge on any atom is -0.435 e. The number of carbonyl (C=O) groups excluding carboxylic acids is 1. The predicted octanol–water partition coefficient (Wildman–Crippen LogP) is 3.82. The number of benzene rings is 1. The SMILES string of the molecule is N#Cc1cnc2ccc(OC(F)F)cc2c1NC1CCN(C(=O)c2ccncc2)CC1. The molecule has 1 aliphatic heterocycles. The molecule has 0 aliphatic carbocycles. The number of ether oxygens (including phenoxy) is 1. The molecule has 0 atom stereocenters. The van der Waals surface area contributed by atoms with Gasteiger partial charge in [-0.05, 0) is 43.2 Å². The number of hydrogen-bond donors (Lipinski definition) is 1. The lowest BCUT2D eigenvalue weighted by molar-refractivity contribution is -0.0497. The fourth-order valence-corrected chi connectivity index (χ4v) is 3.70. The number of aromatic nitrogens is 2. The molecule has 1 saturated heterocycles. The molecule has 0 unspecified atom stereocenters. The lowest BCUT2D eigenvalue weighted by Gasteiger charge is -2.33. The van der Waals surface area contributed by atoms with Gasteiger partial charge in [0.25, 0.3) is 5.91 Å². The summed E-state index contributed by atoms with van der Waals surface area (Å²) in [6.07, 6.45) is 5.99. The van der Waals surface area contributed by atoms with E-state index in [1.807, 2.05) is 0 Å². The van der Waals surface area contributed by atoms with Gasteiger partial charge in [0.05, 0.1) is 16.8 Å². The average Bonchev–Trinajstić information content (AvgIpc) is 2.79. The molecule has 1 amide bonds. The van der Waals surface area contributed by atoms with E-state index in [2.05, 4.69) is 26.1 Å². The Hall–Kier alpha value is -3.80. The van der Waals surface area contributed by atoms with Crippen LogP contribution in [0.2, 0.25) is 0 Å². The van der Waals surface area contributed by atoms with Crippen molar-refractivity contribution in [1.82, 2.24) is 14.9 Å². The number of carbonyl (C=O) groups is 1. The third-order valence-corrected chi connectivity index (χ3v) is 5.24. The first kappa shape index (κ1) is 20.5. The number of fused-ring (bicyclic) bond motifs is 1. The molecular formula is C22H19F2N5O2. The zero-order valence-corrected chi connectivity index (χ0v) is 16.5. The van der Waals surface area contributed by atoms with Crippen LogP contribution in [0, 0.1) is 11.3 Å². The van der Waals surface area contributed by atoms with Crippen molar-refractivity contribution < 1.29 is 18.3 Å². The van der Waals surface area contributed by atoms with E-state index in [4.69, 9.17) is 0 Å². The van der Waals surface area contributed by atoms with E-state index in [0.717, 1.165) is 0 Å². The Balaban J connectivity index is 1.52. The van der Waals surface area contributed by atoms with Crippen molar-refractivity contribution in [2.24, 2.45) is 0 Å². The molecule has 1 fully saturated rings. The van der Waals surface area contributed by atoms with E-state index < -0.39 is 6.61 Å². The molecule has 3 aromatic rings. The number of pyridine rings is 2. The van der Waals surface area contributed by atoms with Gasteiger partial charge in [-0.1, -0.05) is 0 Å². The lowest BCUT2D eigenvalue weighted by Crippen LogP contribution is -2.42. The van der Waals surface area contributed by atoms with Gasteiger partial charge in [0.1, 0.15) is 11.8 Å². The standard InChI is InChI=1S/C22H19F2N5O2/c23-22(24)31-17-1-2-19-18(11-17)20(15(12-25)13-27-19)28-16-5-9-29(10-6-16)21(30)14-3-7-26-8-4-14/h1-4,7-8,11,13,16,22H,5-6,9-10H2,(H,27,28). The average molecular weight is 423 g/mol. The van der Waals surface area contributed by atoms with Gasteiger partial charge in [-0.25, -0.2) is 0 Å². The molecule has 4 rings (SSSR count). The number of amides is 1. The fourth-order valence-electron chi connectivity index (χ4n) is 3.70. The van der Waals surface area contributed by atoms with Crippen molar-refractivity contribution in [2.45, 2.75) is 25.5 Å². The van der Waals surface area contributed by atoms with Gasteiger partial charge in [-0.15, -0.1) is 0 Å². The molecule has 3 heterocycles.